The Morgan fingerprint density at radius 1 is 1.35 bits per heavy atom. The number of carbonyl (C=O) groups excluding carboxylic acids is 1. The number of alkyl halides is 2. The molecule has 1 saturated heterocycles. The minimum atomic E-state index is -2.31. The lowest BCUT2D eigenvalue weighted by molar-refractivity contribution is -0.150. The van der Waals surface area contributed by atoms with Crippen molar-refractivity contribution in [3.05, 3.63) is 24.3 Å². The number of aliphatic hydroxyl groups excluding tert-OH is 3. The zero-order valence-electron chi connectivity index (χ0n) is 12.5. The molecule has 1 aliphatic rings. The van der Waals surface area contributed by atoms with Gasteiger partial charge in [-0.25, -0.2) is 4.39 Å². The number of carbonyl (C=O) groups is 1. The van der Waals surface area contributed by atoms with Crippen LogP contribution in [0.15, 0.2) is 24.3 Å². The Labute approximate surface area is 147 Å². The Bertz CT molecular complexity index is 557. The predicted molar refractivity (Wildman–Crippen MR) is 90.7 cm³/mol. The summed E-state index contributed by atoms with van der Waals surface area (Å²) in [6.07, 6.45) is -1.64. The largest absolute Gasteiger partial charge is 0.497 e. The molecular formula is C15H19FINO5. The van der Waals surface area contributed by atoms with Gasteiger partial charge in [0.2, 0.25) is 5.67 Å². The van der Waals surface area contributed by atoms with Gasteiger partial charge in [0.1, 0.15) is 17.9 Å². The summed E-state index contributed by atoms with van der Waals surface area (Å²) in [6.45, 7) is -0.939. The number of hydrogen-bond donors (Lipinski definition) is 3. The van der Waals surface area contributed by atoms with E-state index >= 15 is 4.39 Å². The second-order valence-corrected chi connectivity index (χ2v) is 7.18. The van der Waals surface area contributed by atoms with Gasteiger partial charge in [0.15, 0.2) is 0 Å². The molecule has 1 aromatic carbocycles. The van der Waals surface area contributed by atoms with E-state index in [1.807, 2.05) is 22.6 Å². The van der Waals surface area contributed by atoms with Gasteiger partial charge in [-0.15, -0.1) is 0 Å². The van der Waals surface area contributed by atoms with Crippen molar-refractivity contribution in [2.75, 3.05) is 25.2 Å². The molecule has 4 atom stereocenters. The van der Waals surface area contributed by atoms with E-state index in [0.717, 1.165) is 4.90 Å². The molecule has 8 heteroatoms. The number of nitrogens with zero attached hydrogens (tertiary/aromatic N) is 1. The van der Waals surface area contributed by atoms with Crippen molar-refractivity contribution < 1.29 is 29.2 Å². The van der Waals surface area contributed by atoms with Gasteiger partial charge in [-0.2, -0.15) is 0 Å². The number of methoxy groups -OCH3 is 1. The molecule has 0 bridgehead atoms. The molecule has 3 N–H and O–H groups in total. The molecule has 1 amide bonds. The van der Waals surface area contributed by atoms with Crippen molar-refractivity contribution in [1.29, 1.82) is 0 Å². The first-order valence-corrected chi connectivity index (χ1v) is 8.34. The van der Waals surface area contributed by atoms with Crippen LogP contribution in [-0.2, 0) is 4.79 Å². The molecule has 2 rings (SSSR count). The minimum absolute atomic E-state index is 0.225. The van der Waals surface area contributed by atoms with E-state index < -0.39 is 34.3 Å². The molecule has 0 saturated carbocycles. The van der Waals surface area contributed by atoms with Crippen molar-refractivity contribution in [2.45, 2.75) is 28.2 Å². The maximum atomic E-state index is 15.1. The van der Waals surface area contributed by atoms with E-state index in [9.17, 15) is 15.0 Å². The zero-order valence-corrected chi connectivity index (χ0v) is 14.7. The summed E-state index contributed by atoms with van der Waals surface area (Å²) >= 11 is 1.85. The van der Waals surface area contributed by atoms with Crippen molar-refractivity contribution >= 4 is 34.2 Å². The summed E-state index contributed by atoms with van der Waals surface area (Å²) in [4.78, 5) is 13.5. The maximum Gasteiger partial charge on any atom is 0.267 e. The fraction of sp³-hybridized carbons (Fsp3) is 0.533. The Balaban J connectivity index is 2.30. The van der Waals surface area contributed by atoms with Gasteiger partial charge in [0.05, 0.1) is 20.3 Å². The lowest BCUT2D eigenvalue weighted by Gasteiger charge is -2.53. The van der Waals surface area contributed by atoms with Gasteiger partial charge in [0, 0.05) is 16.0 Å². The van der Waals surface area contributed by atoms with Gasteiger partial charge in [-0.3, -0.25) is 9.69 Å². The average Bonchev–Trinajstić information content (AvgIpc) is 2.58. The molecule has 0 aliphatic carbocycles. The molecular weight excluding hydrogens is 420 g/mol. The molecule has 1 unspecified atom stereocenters. The summed E-state index contributed by atoms with van der Waals surface area (Å²) in [5.74, 6) is -0.199. The number of amides is 1. The lowest BCUT2D eigenvalue weighted by atomic mass is 9.77. The van der Waals surface area contributed by atoms with Crippen LogP contribution < -0.4 is 9.64 Å². The third-order valence-corrected chi connectivity index (χ3v) is 4.77. The third kappa shape index (κ3) is 3.30. The quantitative estimate of drug-likeness (QED) is 0.330. The van der Waals surface area contributed by atoms with Gasteiger partial charge >= 0.3 is 0 Å². The molecule has 1 fully saturated rings. The fourth-order valence-corrected chi connectivity index (χ4v) is 3.42. The van der Waals surface area contributed by atoms with Crippen LogP contribution in [0.4, 0.5) is 10.1 Å². The highest BCUT2D eigenvalue weighted by Gasteiger charge is 2.65. The van der Waals surface area contributed by atoms with Crippen LogP contribution in [0, 0.1) is 0 Å². The lowest BCUT2D eigenvalue weighted by Crippen LogP contribution is -2.76. The third-order valence-electron chi connectivity index (χ3n) is 3.94. The number of anilines is 1. The Kier molecular flexibility index (Phi) is 5.82. The molecule has 23 heavy (non-hydrogen) atoms. The topological polar surface area (TPSA) is 90.2 Å². The van der Waals surface area contributed by atoms with E-state index in [0.29, 0.717) is 11.4 Å². The zero-order chi connectivity index (χ0) is 17.2. The summed E-state index contributed by atoms with van der Waals surface area (Å²) < 4.78 is 19.7. The summed E-state index contributed by atoms with van der Waals surface area (Å²) in [5, 5.41) is 28.3. The predicted octanol–water partition coefficient (Wildman–Crippen LogP) is 0.658. The normalized spacial score (nSPS) is 26.6. The highest BCUT2D eigenvalue weighted by Crippen LogP contribution is 2.44. The SMILES string of the molecule is COc1ccc(N2C(=O)[C@@](F)(CC(I)CO)[C@@H]2[C@H](O)CO)cc1. The molecule has 0 spiro atoms. The number of β-lactam (4-membered cyclic amide) rings is 1. The first-order valence-electron chi connectivity index (χ1n) is 7.09. The molecule has 0 aromatic heterocycles. The number of hydrogen-bond acceptors (Lipinski definition) is 5. The average molecular weight is 439 g/mol. The van der Waals surface area contributed by atoms with E-state index in [1.54, 1.807) is 24.3 Å². The second kappa shape index (κ2) is 7.29. The van der Waals surface area contributed by atoms with Crippen molar-refractivity contribution in [3.63, 3.8) is 0 Å². The van der Waals surface area contributed by atoms with Crippen LogP contribution in [0.25, 0.3) is 0 Å². The second-order valence-electron chi connectivity index (χ2n) is 5.41. The first-order chi connectivity index (χ1) is 10.9. The summed E-state index contributed by atoms with van der Waals surface area (Å²) in [5.41, 5.74) is -1.90. The Hall–Kier alpha value is -0.970. The Morgan fingerprint density at radius 3 is 2.43 bits per heavy atom. The van der Waals surface area contributed by atoms with E-state index in [4.69, 9.17) is 9.84 Å². The van der Waals surface area contributed by atoms with Gasteiger partial charge in [-0.05, 0) is 24.3 Å². The number of rotatable bonds is 7. The summed E-state index contributed by atoms with van der Waals surface area (Å²) in [6, 6.07) is 5.22. The standard InChI is InChI=1S/C15H19FINO5/c1-23-11-4-2-10(3-5-11)18-13(12(21)8-20)15(16,14(18)22)6-9(17)7-19/h2-5,9,12-13,19-21H,6-8H2,1H3/t9?,12-,13+,15-/m1/s1. The first kappa shape index (κ1) is 18.4. The number of aliphatic hydroxyl groups is 3. The van der Waals surface area contributed by atoms with Crippen molar-refractivity contribution in [3.8, 4) is 5.75 Å². The van der Waals surface area contributed by atoms with Gasteiger partial charge in [-0.1, -0.05) is 22.6 Å². The Morgan fingerprint density at radius 2 is 1.96 bits per heavy atom. The molecule has 1 aromatic rings. The van der Waals surface area contributed by atoms with E-state index in [2.05, 4.69) is 0 Å². The smallest absolute Gasteiger partial charge is 0.267 e. The van der Waals surface area contributed by atoms with Crippen LogP contribution in [0.1, 0.15) is 6.42 Å². The molecule has 0 radical (unpaired) electrons. The maximum absolute atomic E-state index is 15.1. The molecule has 1 heterocycles. The van der Waals surface area contributed by atoms with Gasteiger partial charge in [0.25, 0.3) is 5.91 Å². The minimum Gasteiger partial charge on any atom is -0.497 e. The van der Waals surface area contributed by atoms with E-state index in [-0.39, 0.29) is 13.0 Å². The van der Waals surface area contributed by atoms with Crippen LogP contribution in [0.2, 0.25) is 0 Å². The van der Waals surface area contributed by atoms with Crippen LogP contribution in [0.5, 0.6) is 5.75 Å². The molecule has 6 nitrogen and oxygen atoms in total. The van der Waals surface area contributed by atoms with Crippen molar-refractivity contribution in [1.82, 2.24) is 0 Å². The van der Waals surface area contributed by atoms with Crippen LogP contribution >= 0.6 is 22.6 Å². The number of benzene rings is 1. The highest BCUT2D eigenvalue weighted by atomic mass is 127. The monoisotopic (exact) mass is 439 g/mol. The van der Waals surface area contributed by atoms with E-state index in [1.165, 1.54) is 7.11 Å². The molecule has 128 valence electrons. The molecule has 1 aliphatic heterocycles. The number of ether oxygens (including phenoxy) is 1. The van der Waals surface area contributed by atoms with Crippen LogP contribution in [-0.4, -0.2) is 63.3 Å². The highest BCUT2D eigenvalue weighted by molar-refractivity contribution is 14.1. The van der Waals surface area contributed by atoms with Crippen LogP contribution in [0.3, 0.4) is 0 Å². The number of halogens is 2. The summed E-state index contributed by atoms with van der Waals surface area (Å²) in [7, 11) is 1.50. The van der Waals surface area contributed by atoms with Crippen molar-refractivity contribution in [2.24, 2.45) is 0 Å². The fourth-order valence-electron chi connectivity index (χ4n) is 2.78. The van der Waals surface area contributed by atoms with Gasteiger partial charge < -0.3 is 20.1 Å².